The number of aromatic nitrogens is 5. The number of H-pyrrole nitrogens is 1. The fourth-order valence-electron chi connectivity index (χ4n) is 1.55. The predicted molar refractivity (Wildman–Crippen MR) is 66.5 cm³/mol. The molecule has 0 spiro atoms. The van der Waals surface area contributed by atoms with Crippen LogP contribution in [0.25, 0.3) is 0 Å². The number of hydrogen-bond acceptors (Lipinski definition) is 6. The standard InChI is InChI=1S/C10H13N7O3/c1-7-12-9(14-13-7)5-15(2)10(18)6-16-4-8(3-11-16)17(19)20/h3-4H,5-6H2,1-2H3,(H,12,13,14). The van der Waals surface area contributed by atoms with Gasteiger partial charge in [0.2, 0.25) is 5.91 Å². The van der Waals surface area contributed by atoms with Gasteiger partial charge in [-0.2, -0.15) is 10.2 Å². The van der Waals surface area contributed by atoms with Crippen molar-refractivity contribution in [3.63, 3.8) is 0 Å². The number of rotatable bonds is 5. The molecule has 0 saturated carbocycles. The molecule has 2 rings (SSSR count). The number of nitro groups is 1. The van der Waals surface area contributed by atoms with E-state index in [0.29, 0.717) is 11.6 Å². The number of aromatic amines is 1. The molecule has 0 unspecified atom stereocenters. The molecule has 0 saturated heterocycles. The van der Waals surface area contributed by atoms with Crippen molar-refractivity contribution < 1.29 is 9.72 Å². The van der Waals surface area contributed by atoms with Crippen LogP contribution >= 0.6 is 0 Å². The second kappa shape index (κ2) is 5.47. The zero-order chi connectivity index (χ0) is 14.7. The lowest BCUT2D eigenvalue weighted by atomic mass is 10.4. The summed E-state index contributed by atoms with van der Waals surface area (Å²) in [6, 6.07) is 0. The van der Waals surface area contributed by atoms with Crippen LogP contribution in [0.4, 0.5) is 5.69 Å². The van der Waals surface area contributed by atoms with Gasteiger partial charge in [0.05, 0.1) is 11.5 Å². The number of nitrogens with zero attached hydrogens (tertiary/aromatic N) is 6. The normalized spacial score (nSPS) is 10.5. The first-order valence-corrected chi connectivity index (χ1v) is 5.74. The van der Waals surface area contributed by atoms with Gasteiger partial charge in [-0.3, -0.25) is 24.7 Å². The first-order valence-electron chi connectivity index (χ1n) is 5.74. The van der Waals surface area contributed by atoms with E-state index < -0.39 is 4.92 Å². The summed E-state index contributed by atoms with van der Waals surface area (Å²) in [6.45, 7) is 1.95. The van der Waals surface area contributed by atoms with Crippen LogP contribution in [-0.4, -0.2) is 47.7 Å². The van der Waals surface area contributed by atoms with Gasteiger partial charge in [-0.15, -0.1) is 0 Å². The topological polar surface area (TPSA) is 123 Å². The molecule has 0 radical (unpaired) electrons. The van der Waals surface area contributed by atoms with Gasteiger partial charge in [0.15, 0.2) is 5.82 Å². The summed E-state index contributed by atoms with van der Waals surface area (Å²) in [6.07, 6.45) is 2.31. The number of nitrogens with one attached hydrogen (secondary N) is 1. The van der Waals surface area contributed by atoms with Crippen LogP contribution in [0.3, 0.4) is 0 Å². The molecule has 0 aromatic carbocycles. The van der Waals surface area contributed by atoms with Crippen LogP contribution in [0.1, 0.15) is 11.6 Å². The van der Waals surface area contributed by atoms with Gasteiger partial charge in [0.1, 0.15) is 24.8 Å². The third-order valence-corrected chi connectivity index (χ3v) is 2.58. The molecular formula is C10H13N7O3. The Labute approximate surface area is 113 Å². The molecule has 10 heteroatoms. The van der Waals surface area contributed by atoms with E-state index in [1.54, 1.807) is 14.0 Å². The number of carbonyl (C=O) groups is 1. The average Bonchev–Trinajstić information content (AvgIpc) is 2.98. The van der Waals surface area contributed by atoms with E-state index in [9.17, 15) is 14.9 Å². The average molecular weight is 279 g/mol. The third kappa shape index (κ3) is 3.16. The molecule has 0 aliphatic carbocycles. The number of aryl methyl sites for hydroxylation is 1. The molecule has 0 fully saturated rings. The Morgan fingerprint density at radius 3 is 2.90 bits per heavy atom. The van der Waals surface area contributed by atoms with Crippen LogP contribution < -0.4 is 0 Å². The van der Waals surface area contributed by atoms with Crippen molar-refractivity contribution in [3.8, 4) is 0 Å². The van der Waals surface area contributed by atoms with Crippen molar-refractivity contribution >= 4 is 11.6 Å². The zero-order valence-corrected chi connectivity index (χ0v) is 11.0. The van der Waals surface area contributed by atoms with Crippen LogP contribution in [0.2, 0.25) is 0 Å². The summed E-state index contributed by atoms with van der Waals surface area (Å²) in [5.74, 6) is 0.929. The molecule has 0 bridgehead atoms. The molecular weight excluding hydrogens is 266 g/mol. The molecule has 0 aliphatic rings. The van der Waals surface area contributed by atoms with Gasteiger partial charge in [0.25, 0.3) is 0 Å². The van der Waals surface area contributed by atoms with Crippen molar-refractivity contribution in [2.45, 2.75) is 20.0 Å². The monoisotopic (exact) mass is 279 g/mol. The zero-order valence-electron chi connectivity index (χ0n) is 11.0. The summed E-state index contributed by atoms with van der Waals surface area (Å²) >= 11 is 0. The van der Waals surface area contributed by atoms with E-state index in [2.05, 4.69) is 20.3 Å². The van der Waals surface area contributed by atoms with E-state index >= 15 is 0 Å². The lowest BCUT2D eigenvalue weighted by Gasteiger charge is -2.14. The minimum atomic E-state index is -0.561. The lowest BCUT2D eigenvalue weighted by Crippen LogP contribution is -2.30. The van der Waals surface area contributed by atoms with Gasteiger partial charge in [-0.25, -0.2) is 4.98 Å². The number of likely N-dealkylation sites (N-methyl/N-ethyl adjacent to an activating group) is 1. The van der Waals surface area contributed by atoms with Crippen LogP contribution in [-0.2, 0) is 17.9 Å². The van der Waals surface area contributed by atoms with Crippen molar-refractivity contribution in [1.82, 2.24) is 29.9 Å². The maximum Gasteiger partial charge on any atom is 0.307 e. The van der Waals surface area contributed by atoms with E-state index in [4.69, 9.17) is 0 Å². The van der Waals surface area contributed by atoms with Crippen molar-refractivity contribution in [1.29, 1.82) is 0 Å². The van der Waals surface area contributed by atoms with E-state index in [0.717, 1.165) is 6.20 Å². The minimum Gasteiger partial charge on any atom is -0.337 e. The summed E-state index contributed by atoms with van der Waals surface area (Å²) in [4.78, 5) is 27.4. The van der Waals surface area contributed by atoms with Gasteiger partial charge in [-0.1, -0.05) is 0 Å². The number of amides is 1. The summed E-state index contributed by atoms with van der Waals surface area (Å²) < 4.78 is 1.22. The molecule has 106 valence electrons. The van der Waals surface area contributed by atoms with Crippen molar-refractivity contribution in [2.24, 2.45) is 0 Å². The molecule has 10 nitrogen and oxygen atoms in total. The number of hydrogen-bond donors (Lipinski definition) is 1. The smallest absolute Gasteiger partial charge is 0.307 e. The lowest BCUT2D eigenvalue weighted by molar-refractivity contribution is -0.385. The van der Waals surface area contributed by atoms with E-state index in [1.807, 2.05) is 0 Å². The maximum atomic E-state index is 11.9. The van der Waals surface area contributed by atoms with E-state index in [1.165, 1.54) is 15.8 Å². The molecule has 2 heterocycles. The highest BCUT2D eigenvalue weighted by Gasteiger charge is 2.15. The van der Waals surface area contributed by atoms with Gasteiger partial charge >= 0.3 is 5.69 Å². The maximum absolute atomic E-state index is 11.9. The van der Waals surface area contributed by atoms with Crippen LogP contribution in [0, 0.1) is 17.0 Å². The molecule has 2 aromatic heterocycles. The predicted octanol–water partition coefficient (Wildman–Crippen LogP) is -0.124. The molecule has 20 heavy (non-hydrogen) atoms. The van der Waals surface area contributed by atoms with Crippen LogP contribution in [0.5, 0.6) is 0 Å². The highest BCUT2D eigenvalue weighted by atomic mass is 16.6. The fraction of sp³-hybridized carbons (Fsp3) is 0.400. The van der Waals surface area contributed by atoms with Gasteiger partial charge in [0, 0.05) is 7.05 Å². The van der Waals surface area contributed by atoms with Crippen LogP contribution in [0.15, 0.2) is 12.4 Å². The molecule has 2 aromatic rings. The Morgan fingerprint density at radius 1 is 1.60 bits per heavy atom. The first-order chi connectivity index (χ1) is 9.45. The SMILES string of the molecule is Cc1nc(CN(C)C(=O)Cn2cc([N+](=O)[O-])cn2)n[nH]1. The molecule has 1 N–H and O–H groups in total. The summed E-state index contributed by atoms with van der Waals surface area (Å²) in [5, 5.41) is 20.9. The Morgan fingerprint density at radius 2 is 2.35 bits per heavy atom. The highest BCUT2D eigenvalue weighted by Crippen LogP contribution is 2.08. The largest absolute Gasteiger partial charge is 0.337 e. The van der Waals surface area contributed by atoms with Crippen molar-refractivity contribution in [2.75, 3.05) is 7.05 Å². The van der Waals surface area contributed by atoms with Gasteiger partial charge in [-0.05, 0) is 6.92 Å². The fourth-order valence-corrected chi connectivity index (χ4v) is 1.55. The molecule has 0 atom stereocenters. The molecule has 0 aliphatic heterocycles. The first kappa shape index (κ1) is 13.6. The Balaban J connectivity index is 1.94. The minimum absolute atomic E-state index is 0.0756. The van der Waals surface area contributed by atoms with Gasteiger partial charge < -0.3 is 4.90 Å². The Hall–Kier alpha value is -2.78. The second-order valence-corrected chi connectivity index (χ2v) is 4.24. The quantitative estimate of drug-likeness (QED) is 0.601. The van der Waals surface area contributed by atoms with E-state index in [-0.39, 0.29) is 24.7 Å². The summed E-state index contributed by atoms with van der Waals surface area (Å²) in [7, 11) is 1.60. The Kier molecular flexibility index (Phi) is 3.73. The summed E-state index contributed by atoms with van der Waals surface area (Å²) in [5.41, 5.74) is -0.148. The van der Waals surface area contributed by atoms with Crippen molar-refractivity contribution in [3.05, 3.63) is 34.2 Å². The second-order valence-electron chi connectivity index (χ2n) is 4.24. The molecule has 1 amide bonds. The Bertz CT molecular complexity index is 632. The highest BCUT2D eigenvalue weighted by molar-refractivity contribution is 5.75. The number of carbonyl (C=O) groups excluding carboxylic acids is 1. The third-order valence-electron chi connectivity index (χ3n) is 2.58.